The SMILES string of the molecule is COc1ccc(COC(=O)C2=C(C[n+]3cccc(N(CCCN(C)C(=O)OC(C)(C)C)C(=O)OC(C)(C)C)c3N=CN(C)C)CSC3C(NC(=O)/C(=N\OCF)c4nsc(NC(=O)OC(C)(C)C)n4)C(=O)N23)cc1. The number of hydrogen-bond acceptors (Lipinski definition) is 18. The van der Waals surface area contributed by atoms with Crippen LogP contribution >= 0.6 is 23.3 Å². The molecular formula is C48H65FN11O12S2+. The van der Waals surface area contributed by atoms with E-state index in [-0.39, 0.29) is 54.5 Å². The molecule has 5 rings (SSSR count). The molecule has 1 saturated heterocycles. The Morgan fingerprint density at radius 2 is 1.59 bits per heavy atom. The number of alkyl halides is 1. The second-order valence-electron chi connectivity index (χ2n) is 19.9. The van der Waals surface area contributed by atoms with E-state index in [1.807, 2.05) is 0 Å². The first kappa shape index (κ1) is 57.8. The zero-order valence-electron chi connectivity index (χ0n) is 43.8. The Kier molecular flexibility index (Phi) is 19.3. The van der Waals surface area contributed by atoms with Gasteiger partial charge in [0.1, 0.15) is 58.5 Å². The normalized spacial score (nSPS) is 15.9. The zero-order chi connectivity index (χ0) is 54.7. The fourth-order valence-electron chi connectivity index (χ4n) is 6.88. The third-order valence-corrected chi connectivity index (χ3v) is 12.0. The van der Waals surface area contributed by atoms with Crippen molar-refractivity contribution >= 4 is 88.0 Å². The lowest BCUT2D eigenvalue weighted by Crippen LogP contribution is -2.71. The highest BCUT2D eigenvalue weighted by atomic mass is 32.2. The molecule has 2 unspecified atom stereocenters. The number of benzene rings is 1. The minimum Gasteiger partial charge on any atom is -0.497 e. The van der Waals surface area contributed by atoms with Crippen LogP contribution in [0, 0.1) is 0 Å². The number of thioether (sulfide) groups is 1. The predicted octanol–water partition coefficient (Wildman–Crippen LogP) is 6.15. The van der Waals surface area contributed by atoms with Crippen molar-refractivity contribution in [3.63, 3.8) is 0 Å². The minimum atomic E-state index is -1.41. The molecule has 1 aromatic carbocycles. The summed E-state index contributed by atoms with van der Waals surface area (Å²) in [6.45, 7) is 14.2. The van der Waals surface area contributed by atoms with Crippen LogP contribution in [0.25, 0.3) is 0 Å². The first-order valence-corrected chi connectivity index (χ1v) is 25.1. The molecule has 26 heteroatoms. The number of anilines is 2. The van der Waals surface area contributed by atoms with Crippen molar-refractivity contribution in [2.24, 2.45) is 10.1 Å². The summed E-state index contributed by atoms with van der Waals surface area (Å²) in [4.78, 5) is 101. The highest BCUT2D eigenvalue weighted by molar-refractivity contribution is 8.00. The van der Waals surface area contributed by atoms with Gasteiger partial charge in [-0.25, -0.2) is 28.1 Å². The molecule has 5 amide bonds. The number of pyridine rings is 1. The van der Waals surface area contributed by atoms with E-state index < -0.39 is 76.9 Å². The Morgan fingerprint density at radius 1 is 0.932 bits per heavy atom. The Bertz CT molecular complexity index is 2630. The number of amides is 5. The number of halogens is 1. The number of aromatic nitrogens is 3. The van der Waals surface area contributed by atoms with Crippen LogP contribution in [0.4, 0.5) is 35.4 Å². The molecule has 23 nitrogen and oxygen atoms in total. The number of carbonyl (C=O) groups excluding carboxylic acids is 6. The number of methoxy groups -OCH3 is 1. The van der Waals surface area contributed by atoms with Crippen molar-refractivity contribution in [1.29, 1.82) is 0 Å². The molecule has 4 heterocycles. The molecule has 2 N–H and O–H groups in total. The highest BCUT2D eigenvalue weighted by Gasteiger charge is 2.55. The lowest BCUT2D eigenvalue weighted by molar-refractivity contribution is -0.675. The van der Waals surface area contributed by atoms with Gasteiger partial charge in [0.25, 0.3) is 18.7 Å². The molecule has 1 fully saturated rings. The van der Waals surface area contributed by atoms with Crippen LogP contribution in [0.2, 0.25) is 0 Å². The van der Waals surface area contributed by atoms with Crippen molar-refractivity contribution in [2.75, 3.05) is 64.2 Å². The van der Waals surface area contributed by atoms with Crippen LogP contribution in [-0.4, -0.2) is 154 Å². The van der Waals surface area contributed by atoms with Crippen molar-refractivity contribution in [2.45, 2.75) is 110 Å². The van der Waals surface area contributed by atoms with Gasteiger partial charge in [-0.1, -0.05) is 17.3 Å². The molecule has 2 aromatic heterocycles. The number of nitrogens with one attached hydrogen (secondary N) is 2. The molecule has 74 heavy (non-hydrogen) atoms. The second-order valence-corrected chi connectivity index (χ2v) is 21.8. The summed E-state index contributed by atoms with van der Waals surface area (Å²) >= 11 is 1.93. The Morgan fingerprint density at radius 3 is 2.22 bits per heavy atom. The Hall–Kier alpha value is -7.09. The summed E-state index contributed by atoms with van der Waals surface area (Å²) in [5.41, 5.74) is -1.71. The molecule has 0 aliphatic carbocycles. The maximum absolute atomic E-state index is 14.4. The van der Waals surface area contributed by atoms with Crippen LogP contribution in [0.3, 0.4) is 0 Å². The van der Waals surface area contributed by atoms with Gasteiger partial charge in [-0.15, -0.1) is 11.8 Å². The summed E-state index contributed by atoms with van der Waals surface area (Å²) in [5, 5.41) is 7.66. The predicted molar refractivity (Wildman–Crippen MR) is 274 cm³/mol. The van der Waals surface area contributed by atoms with Crippen LogP contribution in [0.5, 0.6) is 5.75 Å². The number of esters is 1. The lowest BCUT2D eigenvalue weighted by Gasteiger charge is -2.49. The summed E-state index contributed by atoms with van der Waals surface area (Å²) in [7, 11) is 6.67. The van der Waals surface area contributed by atoms with E-state index in [9.17, 15) is 33.2 Å². The molecule has 402 valence electrons. The summed E-state index contributed by atoms with van der Waals surface area (Å²) in [6, 6.07) is 9.04. The maximum Gasteiger partial charge on any atom is 0.415 e. The van der Waals surface area contributed by atoms with Crippen molar-refractivity contribution in [3.05, 3.63) is 65.3 Å². The standard InChI is InChI=1S/C48H64FN11O12S2/c1-46(2,3)70-43(64)53-42-52-36(55-74-42)33(54-69-27-49)38(61)51-34-39(62)60-35(41(63)68-25-29-17-19-31(67-13)20-18-29)30(26-73-40(34)60)24-58-22-14-16-32(37(58)50-28-56(10)11)59(45(66)72-48(7,8)9)23-15-21-57(12)44(65)71-47(4,5)6/h14,16-20,22,28,34,40H,15,21,23-27H2,1-13H3,(H-,51,52,53,55,61,64)/p+1/b54-33-. The van der Waals surface area contributed by atoms with Crippen LogP contribution in [0.15, 0.2) is 64.0 Å². The summed E-state index contributed by atoms with van der Waals surface area (Å²) < 4.78 is 46.9. The Balaban J connectivity index is 1.51. The summed E-state index contributed by atoms with van der Waals surface area (Å²) in [6.07, 6.45) is 1.52. The molecule has 0 bridgehead atoms. The van der Waals surface area contributed by atoms with Gasteiger partial charge in [0.05, 0.1) is 13.3 Å². The van der Waals surface area contributed by atoms with Gasteiger partial charge in [-0.2, -0.15) is 9.36 Å². The number of aliphatic imine (C=N–C) groups is 1. The zero-order valence-corrected chi connectivity index (χ0v) is 45.5. The average molecular weight is 1070 g/mol. The smallest absolute Gasteiger partial charge is 0.415 e. The molecule has 2 atom stereocenters. The van der Waals surface area contributed by atoms with Gasteiger partial charge >= 0.3 is 30.1 Å². The molecular weight excluding hydrogens is 1010 g/mol. The number of nitrogens with zero attached hydrogens (tertiary/aromatic N) is 9. The van der Waals surface area contributed by atoms with Crippen molar-refractivity contribution < 1.29 is 66.2 Å². The fourth-order valence-corrected chi connectivity index (χ4v) is 8.78. The third-order valence-electron chi connectivity index (χ3n) is 10.0. The summed E-state index contributed by atoms with van der Waals surface area (Å²) in [5.74, 6) is -1.88. The number of hydrogen-bond donors (Lipinski definition) is 2. The molecule has 0 saturated carbocycles. The highest BCUT2D eigenvalue weighted by Crippen LogP contribution is 2.41. The quantitative estimate of drug-likeness (QED) is 0.0260. The van der Waals surface area contributed by atoms with Gasteiger partial charge in [-0.3, -0.25) is 24.7 Å². The van der Waals surface area contributed by atoms with Gasteiger partial charge in [0.15, 0.2) is 0 Å². The van der Waals surface area contributed by atoms with Crippen molar-refractivity contribution in [1.82, 2.24) is 29.4 Å². The molecule has 0 radical (unpaired) electrons. The van der Waals surface area contributed by atoms with Crippen LogP contribution < -0.4 is 24.8 Å². The van der Waals surface area contributed by atoms with E-state index in [0.29, 0.717) is 40.5 Å². The number of rotatable bonds is 19. The van der Waals surface area contributed by atoms with Crippen molar-refractivity contribution in [3.8, 4) is 5.75 Å². The minimum absolute atomic E-state index is 0.0441. The molecule has 2 aliphatic rings. The fraction of sp³-hybridized carbons (Fsp3) is 0.521. The number of oxime groups is 1. The van der Waals surface area contributed by atoms with Crippen LogP contribution in [-0.2, 0) is 51.3 Å². The van der Waals surface area contributed by atoms with E-state index in [4.69, 9.17) is 28.7 Å². The first-order chi connectivity index (χ1) is 34.7. The number of fused-ring (bicyclic) bond motifs is 1. The Labute approximate surface area is 437 Å². The first-order valence-electron chi connectivity index (χ1n) is 23.2. The number of β-lactam (4-membered cyclic amide) rings is 1. The second kappa shape index (κ2) is 24.8. The largest absolute Gasteiger partial charge is 0.497 e. The van der Waals surface area contributed by atoms with E-state index >= 15 is 0 Å². The molecule has 2 aliphatic heterocycles. The third kappa shape index (κ3) is 16.2. The number of carbonyl (C=O) groups is 6. The molecule has 0 spiro atoms. The maximum atomic E-state index is 14.4. The van der Waals surface area contributed by atoms with Gasteiger partial charge in [-0.05, 0) is 104 Å². The molecule has 3 aromatic rings. The lowest BCUT2D eigenvalue weighted by atomic mass is 10.0. The van der Waals surface area contributed by atoms with E-state index in [1.165, 1.54) is 33.6 Å². The van der Waals surface area contributed by atoms with E-state index in [2.05, 4.69) is 30.0 Å². The number of ether oxygens (including phenoxy) is 5. The monoisotopic (exact) mass is 1070 g/mol. The van der Waals surface area contributed by atoms with Gasteiger partial charge < -0.3 is 43.6 Å². The van der Waals surface area contributed by atoms with E-state index in [1.54, 1.807) is 142 Å². The van der Waals surface area contributed by atoms with Gasteiger partial charge in [0, 0.05) is 57.1 Å². The van der Waals surface area contributed by atoms with Gasteiger partial charge in [0.2, 0.25) is 23.0 Å². The van der Waals surface area contributed by atoms with E-state index in [0.717, 1.165) is 0 Å². The topological polar surface area (TPSA) is 249 Å². The van der Waals surface area contributed by atoms with Crippen LogP contribution in [0.1, 0.15) is 80.1 Å². The average Bonchev–Trinajstić information content (AvgIpc) is 3.76.